The molecule has 1 nitrogen and oxygen atoms in total. The first-order chi connectivity index (χ1) is 8.31. The van der Waals surface area contributed by atoms with Gasteiger partial charge in [-0.25, -0.2) is 0 Å². The molecule has 0 aliphatic carbocycles. The Labute approximate surface area is 117 Å². The molecule has 0 unspecified atom stereocenters. The van der Waals surface area contributed by atoms with E-state index in [0.717, 1.165) is 10.4 Å². The molecule has 1 aromatic rings. The number of nitrogens with zero attached hydrogens (tertiary/aromatic N) is 1. The lowest BCUT2D eigenvalue weighted by Gasteiger charge is -2.27. The zero-order valence-corrected chi connectivity index (χ0v) is 12.4. The van der Waals surface area contributed by atoms with Gasteiger partial charge in [0.25, 0.3) is 0 Å². The lowest BCUT2D eigenvalue weighted by Crippen LogP contribution is -2.26. The maximum atomic E-state index is 6.27. The highest BCUT2D eigenvalue weighted by Crippen LogP contribution is 2.26. The van der Waals surface area contributed by atoms with Crippen molar-refractivity contribution in [2.75, 3.05) is 18.0 Å². The van der Waals surface area contributed by atoms with Crippen molar-refractivity contribution in [3.63, 3.8) is 0 Å². The maximum absolute atomic E-state index is 6.27. The molecule has 0 saturated carbocycles. The van der Waals surface area contributed by atoms with Gasteiger partial charge in [0.1, 0.15) is 0 Å². The van der Waals surface area contributed by atoms with Crippen molar-refractivity contribution < 1.29 is 0 Å². The summed E-state index contributed by atoms with van der Waals surface area (Å²) in [5.41, 5.74) is 2.45. The molecule has 0 aromatic heterocycles. The molecule has 0 spiro atoms. The van der Waals surface area contributed by atoms with Gasteiger partial charge >= 0.3 is 0 Å². The summed E-state index contributed by atoms with van der Waals surface area (Å²) < 4.78 is 0. The molecule has 0 atom stereocenters. The Morgan fingerprint density at radius 2 is 1.71 bits per heavy atom. The minimum atomic E-state index is 0.826. The van der Waals surface area contributed by atoms with E-state index < -0.39 is 0 Å². The van der Waals surface area contributed by atoms with Crippen LogP contribution in [0.5, 0.6) is 0 Å². The maximum Gasteiger partial charge on any atom is 0.0467 e. The molecule has 1 saturated heterocycles. The van der Waals surface area contributed by atoms with Crippen LogP contribution in [0.3, 0.4) is 0 Å². The van der Waals surface area contributed by atoms with E-state index in [1.165, 1.54) is 56.4 Å². The van der Waals surface area contributed by atoms with Crippen LogP contribution in [0, 0.1) is 0 Å². The van der Waals surface area contributed by atoms with Crippen LogP contribution in [0.25, 0.3) is 0 Å². The molecule has 0 amide bonds. The number of rotatable bonds is 2. The van der Waals surface area contributed by atoms with E-state index in [-0.39, 0.29) is 0 Å². The van der Waals surface area contributed by atoms with Crippen LogP contribution in [0.4, 0.5) is 5.69 Å². The Morgan fingerprint density at radius 3 is 2.29 bits per heavy atom. The minimum Gasteiger partial charge on any atom is -0.371 e. The van der Waals surface area contributed by atoms with Crippen LogP contribution < -0.4 is 4.90 Å². The summed E-state index contributed by atoms with van der Waals surface area (Å²) in [7, 11) is 0. The Kier molecular flexibility index (Phi) is 5.17. The van der Waals surface area contributed by atoms with Crippen molar-refractivity contribution >= 4 is 33.2 Å². The summed E-state index contributed by atoms with van der Waals surface area (Å²) in [6, 6.07) is 6.44. The SMILES string of the molecule is Clc1cc(N2CCCCCCC2)ccc1CBr. The third-order valence-electron chi connectivity index (χ3n) is 3.40. The van der Waals surface area contributed by atoms with Gasteiger partial charge in [-0.15, -0.1) is 0 Å². The number of anilines is 1. The van der Waals surface area contributed by atoms with Crippen molar-refractivity contribution in [1.82, 2.24) is 0 Å². The fourth-order valence-corrected chi connectivity index (χ4v) is 3.24. The van der Waals surface area contributed by atoms with Crippen LogP contribution >= 0.6 is 27.5 Å². The van der Waals surface area contributed by atoms with E-state index in [1.807, 2.05) is 0 Å². The molecule has 1 aliphatic heterocycles. The molecule has 0 bridgehead atoms. The largest absolute Gasteiger partial charge is 0.371 e. The van der Waals surface area contributed by atoms with Crippen molar-refractivity contribution in [2.45, 2.75) is 37.4 Å². The van der Waals surface area contributed by atoms with Crippen LogP contribution in [0.15, 0.2) is 18.2 Å². The number of alkyl halides is 1. The van der Waals surface area contributed by atoms with Crippen LogP contribution in [0.1, 0.15) is 37.7 Å². The van der Waals surface area contributed by atoms with Gasteiger partial charge in [0, 0.05) is 29.1 Å². The van der Waals surface area contributed by atoms with Gasteiger partial charge in [-0.2, -0.15) is 0 Å². The smallest absolute Gasteiger partial charge is 0.0467 e. The fraction of sp³-hybridized carbons (Fsp3) is 0.571. The first kappa shape index (κ1) is 13.2. The first-order valence-corrected chi connectivity index (χ1v) is 7.90. The van der Waals surface area contributed by atoms with Crippen LogP contribution in [0.2, 0.25) is 5.02 Å². The van der Waals surface area contributed by atoms with Gasteiger partial charge in [0.05, 0.1) is 0 Å². The van der Waals surface area contributed by atoms with Gasteiger partial charge in [0.15, 0.2) is 0 Å². The van der Waals surface area contributed by atoms with E-state index >= 15 is 0 Å². The molecular weight excluding hydrogens is 298 g/mol. The van der Waals surface area contributed by atoms with Crippen molar-refractivity contribution in [1.29, 1.82) is 0 Å². The van der Waals surface area contributed by atoms with Crippen LogP contribution in [-0.4, -0.2) is 13.1 Å². The van der Waals surface area contributed by atoms with Gasteiger partial charge < -0.3 is 4.90 Å². The fourth-order valence-electron chi connectivity index (χ4n) is 2.35. The predicted molar refractivity (Wildman–Crippen MR) is 79.4 cm³/mol. The molecule has 1 aliphatic rings. The zero-order chi connectivity index (χ0) is 12.1. The standard InChI is InChI=1S/C14H19BrClN/c15-11-12-6-7-13(10-14(12)16)17-8-4-2-1-3-5-9-17/h6-7,10H,1-5,8-9,11H2. The summed E-state index contributed by atoms with van der Waals surface area (Å²) in [6.07, 6.45) is 6.74. The molecular formula is C14H19BrClN. The topological polar surface area (TPSA) is 3.24 Å². The lowest BCUT2D eigenvalue weighted by molar-refractivity contribution is 0.556. The van der Waals surface area contributed by atoms with Gasteiger partial charge in [0.2, 0.25) is 0 Å². The average molecular weight is 317 g/mol. The molecule has 1 heterocycles. The molecule has 0 N–H and O–H groups in total. The molecule has 94 valence electrons. The number of halogens is 2. The van der Waals surface area contributed by atoms with Gasteiger partial charge in [-0.3, -0.25) is 0 Å². The average Bonchev–Trinajstić information content (AvgIpc) is 2.28. The Bertz CT molecular complexity index is 359. The second kappa shape index (κ2) is 6.65. The quantitative estimate of drug-likeness (QED) is 0.694. The van der Waals surface area contributed by atoms with E-state index in [0.29, 0.717) is 0 Å². The highest BCUT2D eigenvalue weighted by molar-refractivity contribution is 9.08. The summed E-state index contributed by atoms with van der Waals surface area (Å²) in [5.74, 6) is 0. The van der Waals surface area contributed by atoms with E-state index in [1.54, 1.807) is 0 Å². The van der Waals surface area contributed by atoms with Gasteiger partial charge in [-0.1, -0.05) is 52.9 Å². The second-order valence-corrected chi connectivity index (χ2v) is 5.63. The highest BCUT2D eigenvalue weighted by Gasteiger charge is 2.10. The molecule has 0 radical (unpaired) electrons. The molecule has 3 heteroatoms. The second-order valence-electron chi connectivity index (χ2n) is 4.66. The first-order valence-electron chi connectivity index (χ1n) is 6.40. The number of hydrogen-bond acceptors (Lipinski definition) is 1. The Morgan fingerprint density at radius 1 is 1.06 bits per heavy atom. The van der Waals surface area contributed by atoms with E-state index in [4.69, 9.17) is 11.6 Å². The molecule has 2 rings (SSSR count). The van der Waals surface area contributed by atoms with Crippen molar-refractivity contribution in [2.24, 2.45) is 0 Å². The normalized spacial score (nSPS) is 17.6. The molecule has 1 fully saturated rings. The Hall–Kier alpha value is -0.210. The lowest BCUT2D eigenvalue weighted by atomic mass is 10.1. The van der Waals surface area contributed by atoms with Crippen molar-refractivity contribution in [3.8, 4) is 0 Å². The highest BCUT2D eigenvalue weighted by atomic mass is 79.9. The minimum absolute atomic E-state index is 0.826. The monoisotopic (exact) mass is 315 g/mol. The summed E-state index contributed by atoms with van der Waals surface area (Å²) in [6.45, 7) is 2.34. The van der Waals surface area contributed by atoms with E-state index in [9.17, 15) is 0 Å². The predicted octanol–water partition coefficient (Wildman–Crippen LogP) is 5.01. The summed E-state index contributed by atoms with van der Waals surface area (Å²) in [5, 5.41) is 1.70. The number of benzene rings is 1. The van der Waals surface area contributed by atoms with Crippen LogP contribution in [-0.2, 0) is 5.33 Å². The zero-order valence-electron chi connectivity index (χ0n) is 10.1. The molecule has 17 heavy (non-hydrogen) atoms. The molecule has 1 aromatic carbocycles. The summed E-state index contributed by atoms with van der Waals surface area (Å²) >= 11 is 9.72. The van der Waals surface area contributed by atoms with E-state index in [2.05, 4.69) is 39.0 Å². The van der Waals surface area contributed by atoms with Gasteiger partial charge in [-0.05, 0) is 30.5 Å². The Balaban J connectivity index is 2.11. The summed E-state index contributed by atoms with van der Waals surface area (Å²) in [4.78, 5) is 2.48. The number of hydrogen-bond donors (Lipinski definition) is 0. The third-order valence-corrected chi connectivity index (χ3v) is 4.36. The third kappa shape index (κ3) is 3.62. The van der Waals surface area contributed by atoms with Crippen molar-refractivity contribution in [3.05, 3.63) is 28.8 Å².